The molecule has 0 aliphatic carbocycles. The van der Waals surface area contributed by atoms with Crippen molar-refractivity contribution in [1.29, 1.82) is 5.26 Å². The Kier molecular flexibility index (Phi) is 5.92. The van der Waals surface area contributed by atoms with Gasteiger partial charge in [0.25, 0.3) is 0 Å². The molecule has 1 aromatic heterocycles. The summed E-state index contributed by atoms with van der Waals surface area (Å²) in [4.78, 5) is 15.8. The van der Waals surface area contributed by atoms with E-state index in [2.05, 4.69) is 16.4 Å². The molecule has 2 aromatic carbocycles. The molecule has 0 radical (unpaired) electrons. The van der Waals surface area contributed by atoms with Gasteiger partial charge in [0, 0.05) is 33.4 Å². The summed E-state index contributed by atoms with van der Waals surface area (Å²) in [5.74, 6) is 0.00554. The van der Waals surface area contributed by atoms with Gasteiger partial charge in [-0.3, -0.25) is 4.79 Å². The number of thiazole rings is 1. The zero-order valence-corrected chi connectivity index (χ0v) is 16.5. The predicted molar refractivity (Wildman–Crippen MR) is 111 cm³/mol. The van der Waals surface area contributed by atoms with Crippen LogP contribution in [0.5, 0.6) is 0 Å². The van der Waals surface area contributed by atoms with Crippen LogP contribution in [0.2, 0.25) is 10.0 Å². The van der Waals surface area contributed by atoms with E-state index in [0.717, 1.165) is 11.3 Å². The summed E-state index contributed by atoms with van der Waals surface area (Å²) >= 11 is 13.5. The van der Waals surface area contributed by atoms with Crippen molar-refractivity contribution >= 4 is 51.6 Å². The van der Waals surface area contributed by atoms with E-state index in [-0.39, 0.29) is 5.78 Å². The number of nitriles is 1. The maximum absolute atomic E-state index is 11.3. The van der Waals surface area contributed by atoms with Crippen LogP contribution in [-0.2, 0) is 0 Å². The molecule has 0 amide bonds. The number of hydrogen-bond acceptors (Lipinski definition) is 5. The Morgan fingerprint density at radius 1 is 1.22 bits per heavy atom. The molecule has 134 valence electrons. The fourth-order valence-corrected chi connectivity index (χ4v) is 3.61. The number of halogens is 2. The third-order valence-corrected chi connectivity index (χ3v) is 5.16. The maximum atomic E-state index is 11.3. The number of nitrogens with one attached hydrogen (secondary N) is 1. The molecule has 3 rings (SSSR count). The van der Waals surface area contributed by atoms with Crippen LogP contribution in [0.4, 0.5) is 5.69 Å². The zero-order valence-electron chi connectivity index (χ0n) is 14.2. The Labute approximate surface area is 170 Å². The van der Waals surface area contributed by atoms with Crippen molar-refractivity contribution in [2.45, 2.75) is 6.92 Å². The minimum atomic E-state index is 0.00554. The Morgan fingerprint density at radius 3 is 2.59 bits per heavy atom. The Morgan fingerprint density at radius 2 is 1.96 bits per heavy atom. The largest absolute Gasteiger partial charge is 0.360 e. The van der Waals surface area contributed by atoms with Gasteiger partial charge in [0.1, 0.15) is 16.6 Å². The lowest BCUT2D eigenvalue weighted by molar-refractivity contribution is 0.101. The number of nitrogens with zero attached hydrogens (tertiary/aromatic N) is 2. The number of rotatable bonds is 5. The molecular weight excluding hydrogens is 401 g/mol. The molecule has 27 heavy (non-hydrogen) atoms. The minimum absolute atomic E-state index is 0.00554. The van der Waals surface area contributed by atoms with E-state index < -0.39 is 0 Å². The molecule has 7 heteroatoms. The van der Waals surface area contributed by atoms with Gasteiger partial charge in [0.05, 0.1) is 10.7 Å². The van der Waals surface area contributed by atoms with Crippen LogP contribution >= 0.6 is 34.5 Å². The lowest BCUT2D eigenvalue weighted by atomic mass is 10.1. The summed E-state index contributed by atoms with van der Waals surface area (Å²) in [6.07, 6.45) is 1.59. The van der Waals surface area contributed by atoms with Crippen LogP contribution in [-0.4, -0.2) is 10.8 Å². The van der Waals surface area contributed by atoms with E-state index in [1.54, 1.807) is 48.7 Å². The van der Waals surface area contributed by atoms with Crippen molar-refractivity contribution in [3.05, 3.63) is 74.7 Å². The molecule has 0 aliphatic rings. The first kappa shape index (κ1) is 19.1. The van der Waals surface area contributed by atoms with Crippen molar-refractivity contribution in [3.8, 4) is 17.3 Å². The van der Waals surface area contributed by atoms with E-state index in [1.165, 1.54) is 18.3 Å². The molecule has 3 aromatic rings. The van der Waals surface area contributed by atoms with E-state index in [1.807, 2.05) is 5.38 Å². The number of anilines is 1. The molecule has 0 saturated carbocycles. The Bertz CT molecular complexity index is 1070. The summed E-state index contributed by atoms with van der Waals surface area (Å²) in [5, 5.41) is 16.0. The summed E-state index contributed by atoms with van der Waals surface area (Å²) < 4.78 is 0. The van der Waals surface area contributed by atoms with Gasteiger partial charge in [-0.05, 0) is 49.4 Å². The highest BCUT2D eigenvalue weighted by molar-refractivity contribution is 7.11. The summed E-state index contributed by atoms with van der Waals surface area (Å²) in [6.45, 7) is 1.52. The van der Waals surface area contributed by atoms with Gasteiger partial charge in [0.15, 0.2) is 5.78 Å². The van der Waals surface area contributed by atoms with Crippen molar-refractivity contribution < 1.29 is 4.79 Å². The number of allylic oxidation sites excluding steroid dienone is 1. The van der Waals surface area contributed by atoms with Crippen LogP contribution in [0.1, 0.15) is 22.3 Å². The number of hydrogen-bond donors (Lipinski definition) is 1. The monoisotopic (exact) mass is 413 g/mol. The van der Waals surface area contributed by atoms with Crippen molar-refractivity contribution in [3.63, 3.8) is 0 Å². The number of ketones is 1. The summed E-state index contributed by atoms with van der Waals surface area (Å²) in [5.41, 5.74) is 3.24. The molecule has 4 nitrogen and oxygen atoms in total. The smallest absolute Gasteiger partial charge is 0.159 e. The summed E-state index contributed by atoms with van der Waals surface area (Å²) in [6, 6.07) is 14.4. The average Bonchev–Trinajstić information content (AvgIpc) is 3.12. The second kappa shape index (κ2) is 8.36. The molecular formula is C20H13Cl2N3OS. The molecule has 0 saturated heterocycles. The van der Waals surface area contributed by atoms with Crippen LogP contribution in [0, 0.1) is 11.3 Å². The number of carbonyl (C=O) groups excluding carboxylic acids is 1. The van der Waals surface area contributed by atoms with Crippen LogP contribution < -0.4 is 5.32 Å². The topological polar surface area (TPSA) is 65.8 Å². The van der Waals surface area contributed by atoms with E-state index in [9.17, 15) is 10.1 Å². The van der Waals surface area contributed by atoms with Gasteiger partial charge in [-0.15, -0.1) is 11.3 Å². The van der Waals surface area contributed by atoms with Gasteiger partial charge in [0.2, 0.25) is 0 Å². The van der Waals surface area contributed by atoms with Crippen LogP contribution in [0.25, 0.3) is 16.8 Å². The Hall–Kier alpha value is -2.65. The lowest BCUT2D eigenvalue weighted by Crippen LogP contribution is -1.94. The average molecular weight is 414 g/mol. The van der Waals surface area contributed by atoms with Crippen LogP contribution in [0.15, 0.2) is 54.0 Å². The normalized spacial score (nSPS) is 11.1. The standard InChI is InChI=1S/C20H13Cl2N3OS/c1-12(26)13-2-5-16(6-3-13)24-10-14(9-23)20-25-19(11-27-20)17-7-4-15(21)8-18(17)22/h2-8,10-11,24H,1H3. The third-order valence-electron chi connectivity index (χ3n) is 3.74. The molecule has 0 bridgehead atoms. The maximum Gasteiger partial charge on any atom is 0.159 e. The first-order valence-electron chi connectivity index (χ1n) is 7.87. The van der Waals surface area contributed by atoms with Crippen molar-refractivity contribution in [1.82, 2.24) is 4.98 Å². The molecule has 1 heterocycles. The second-order valence-corrected chi connectivity index (χ2v) is 7.31. The number of benzene rings is 2. The van der Waals surface area contributed by atoms with E-state index in [0.29, 0.717) is 31.9 Å². The predicted octanol–water partition coefficient (Wildman–Crippen LogP) is 6.30. The summed E-state index contributed by atoms with van der Waals surface area (Å²) in [7, 11) is 0. The van der Waals surface area contributed by atoms with Gasteiger partial charge < -0.3 is 5.32 Å². The Balaban J connectivity index is 1.81. The minimum Gasteiger partial charge on any atom is -0.360 e. The molecule has 0 atom stereocenters. The molecule has 0 spiro atoms. The van der Waals surface area contributed by atoms with Crippen molar-refractivity contribution in [2.24, 2.45) is 0 Å². The van der Waals surface area contributed by atoms with Gasteiger partial charge >= 0.3 is 0 Å². The lowest BCUT2D eigenvalue weighted by Gasteiger charge is -2.03. The highest BCUT2D eigenvalue weighted by Crippen LogP contribution is 2.32. The van der Waals surface area contributed by atoms with Gasteiger partial charge in [-0.1, -0.05) is 23.2 Å². The number of carbonyl (C=O) groups is 1. The first-order valence-corrected chi connectivity index (χ1v) is 9.50. The molecule has 1 N–H and O–H groups in total. The fraction of sp³-hybridized carbons (Fsp3) is 0.0500. The van der Waals surface area contributed by atoms with Gasteiger partial charge in [-0.25, -0.2) is 4.98 Å². The quantitative estimate of drug-likeness (QED) is 0.393. The first-order chi connectivity index (χ1) is 13.0. The SMILES string of the molecule is CC(=O)c1ccc(NC=C(C#N)c2nc(-c3ccc(Cl)cc3Cl)cs2)cc1. The van der Waals surface area contributed by atoms with Gasteiger partial charge in [-0.2, -0.15) is 5.26 Å². The second-order valence-electron chi connectivity index (χ2n) is 5.61. The third kappa shape index (κ3) is 4.55. The number of aromatic nitrogens is 1. The molecule has 0 fully saturated rings. The molecule has 0 aliphatic heterocycles. The molecule has 0 unspecified atom stereocenters. The van der Waals surface area contributed by atoms with Crippen molar-refractivity contribution in [2.75, 3.05) is 5.32 Å². The highest BCUT2D eigenvalue weighted by atomic mass is 35.5. The zero-order chi connectivity index (χ0) is 19.4. The van der Waals surface area contributed by atoms with E-state index >= 15 is 0 Å². The number of Topliss-reactive ketones (excluding diaryl/α,β-unsaturated/α-hetero) is 1. The van der Waals surface area contributed by atoms with E-state index in [4.69, 9.17) is 23.2 Å². The fourth-order valence-electron chi connectivity index (χ4n) is 2.32. The van der Waals surface area contributed by atoms with Crippen LogP contribution in [0.3, 0.4) is 0 Å². The highest BCUT2D eigenvalue weighted by Gasteiger charge is 2.11.